The Kier molecular flexibility index (Phi) is 9.39. The van der Waals surface area contributed by atoms with Crippen molar-refractivity contribution >= 4 is 64.3 Å². The van der Waals surface area contributed by atoms with Gasteiger partial charge in [0.2, 0.25) is 5.91 Å². The molecule has 11 heteroatoms. The summed E-state index contributed by atoms with van der Waals surface area (Å²) >= 11 is 14.8. The molecule has 2 aromatic rings. The first-order valence-corrected chi connectivity index (χ1v) is 12.4. The highest BCUT2D eigenvalue weighted by Gasteiger charge is 2.21. The minimum Gasteiger partial charge on any atom is -0.478 e. The monoisotopic (exact) mass is 515 g/mol. The zero-order chi connectivity index (χ0) is 23.1. The van der Waals surface area contributed by atoms with Crippen LogP contribution < -0.4 is 5.32 Å². The van der Waals surface area contributed by atoms with Crippen LogP contribution in [0.15, 0.2) is 28.6 Å². The predicted octanol–water partition coefficient (Wildman–Crippen LogP) is 3.97. The summed E-state index contributed by atoms with van der Waals surface area (Å²) in [5, 5.41) is 12.7. The molecule has 1 aromatic heterocycles. The summed E-state index contributed by atoms with van der Waals surface area (Å²) in [6, 6.07) is 5.63. The van der Waals surface area contributed by atoms with E-state index in [1.807, 2.05) is 19.1 Å². The van der Waals surface area contributed by atoms with Crippen LogP contribution in [0.2, 0.25) is 10.0 Å². The summed E-state index contributed by atoms with van der Waals surface area (Å²) < 4.78 is 6.52. The molecule has 3 rings (SSSR count). The third kappa shape index (κ3) is 7.75. The van der Waals surface area contributed by atoms with Crippen LogP contribution in [0.4, 0.5) is 0 Å². The topological polar surface area (TPSA) is 91.8 Å². The number of amides is 1. The van der Waals surface area contributed by atoms with Crippen LogP contribution in [-0.4, -0.2) is 65.0 Å². The van der Waals surface area contributed by atoms with E-state index in [-0.39, 0.29) is 17.8 Å². The van der Waals surface area contributed by atoms with Crippen molar-refractivity contribution < 1.29 is 19.4 Å². The van der Waals surface area contributed by atoms with Gasteiger partial charge in [-0.05, 0) is 30.7 Å². The van der Waals surface area contributed by atoms with E-state index in [4.69, 9.17) is 33.0 Å². The van der Waals surface area contributed by atoms with Gasteiger partial charge >= 0.3 is 5.97 Å². The lowest BCUT2D eigenvalue weighted by Gasteiger charge is -2.33. The number of thiazole rings is 1. The first-order chi connectivity index (χ1) is 15.3. The number of carbonyl (C=O) groups excluding carboxylic acids is 1. The van der Waals surface area contributed by atoms with Gasteiger partial charge in [0, 0.05) is 32.3 Å². The number of hydrogen-bond acceptors (Lipinski definition) is 7. The van der Waals surface area contributed by atoms with Crippen LogP contribution >= 0.6 is 46.3 Å². The number of aromatic nitrogens is 1. The van der Waals surface area contributed by atoms with Gasteiger partial charge in [0.1, 0.15) is 0 Å². The average molecular weight is 516 g/mol. The van der Waals surface area contributed by atoms with Crippen molar-refractivity contribution in [3.8, 4) is 0 Å². The van der Waals surface area contributed by atoms with Crippen LogP contribution in [-0.2, 0) is 20.9 Å². The molecular formula is C21H23Cl2N3O4S2. The Bertz CT molecular complexity index is 999. The van der Waals surface area contributed by atoms with E-state index in [2.05, 4.69) is 15.2 Å². The third-order valence-corrected chi connectivity index (χ3v) is 7.66. The largest absolute Gasteiger partial charge is 0.478 e. The molecule has 172 valence electrons. The highest BCUT2D eigenvalue weighted by atomic mass is 35.5. The number of nitrogens with zero attached hydrogens (tertiary/aromatic N) is 2. The van der Waals surface area contributed by atoms with Crippen LogP contribution in [0, 0.1) is 6.92 Å². The molecule has 1 aliphatic heterocycles. The van der Waals surface area contributed by atoms with E-state index in [0.717, 1.165) is 39.6 Å². The van der Waals surface area contributed by atoms with Gasteiger partial charge in [0.25, 0.3) is 0 Å². The molecule has 1 amide bonds. The normalized spacial score (nSPS) is 17.0. The molecule has 0 bridgehead atoms. The molecule has 0 aliphatic carbocycles. The summed E-state index contributed by atoms with van der Waals surface area (Å²) in [5.74, 6) is -0.878. The SMILES string of the molecule is Cc1nc(SCC(=O)NC[C@H]2CN(Cc3ccc(Cl)c(Cl)c3)CCO2)sc1C=CC(=O)O. The molecular weight excluding hydrogens is 493 g/mol. The number of aliphatic carboxylic acids is 1. The lowest BCUT2D eigenvalue weighted by Crippen LogP contribution is -2.47. The minimum absolute atomic E-state index is 0.0877. The Morgan fingerprint density at radius 2 is 2.22 bits per heavy atom. The van der Waals surface area contributed by atoms with Gasteiger partial charge in [0.15, 0.2) is 4.34 Å². The fourth-order valence-electron chi connectivity index (χ4n) is 3.10. The molecule has 0 unspecified atom stereocenters. The van der Waals surface area contributed by atoms with E-state index in [1.165, 1.54) is 29.2 Å². The van der Waals surface area contributed by atoms with E-state index < -0.39 is 5.97 Å². The molecule has 1 saturated heterocycles. The number of carbonyl (C=O) groups is 2. The van der Waals surface area contributed by atoms with Crippen molar-refractivity contribution in [1.82, 2.24) is 15.2 Å². The Morgan fingerprint density at radius 3 is 2.97 bits per heavy atom. The first kappa shape index (κ1) is 25.0. The summed E-state index contributed by atoms with van der Waals surface area (Å²) in [5.41, 5.74) is 1.82. The number of hydrogen-bond donors (Lipinski definition) is 2. The van der Waals surface area contributed by atoms with Crippen molar-refractivity contribution in [2.24, 2.45) is 0 Å². The number of morpholine rings is 1. The first-order valence-electron chi connectivity index (χ1n) is 9.86. The molecule has 2 N–H and O–H groups in total. The predicted molar refractivity (Wildman–Crippen MR) is 129 cm³/mol. The molecule has 1 aromatic carbocycles. The number of benzene rings is 1. The molecule has 1 fully saturated rings. The van der Waals surface area contributed by atoms with Gasteiger partial charge in [-0.3, -0.25) is 9.69 Å². The van der Waals surface area contributed by atoms with Crippen molar-refractivity contribution in [3.05, 3.63) is 50.5 Å². The second-order valence-corrected chi connectivity index (χ2v) is 10.2. The van der Waals surface area contributed by atoms with Crippen molar-refractivity contribution in [1.29, 1.82) is 0 Å². The molecule has 0 saturated carbocycles. The van der Waals surface area contributed by atoms with E-state index in [0.29, 0.717) is 29.7 Å². The fraction of sp³-hybridized carbons (Fsp3) is 0.381. The van der Waals surface area contributed by atoms with Crippen LogP contribution in [0.3, 0.4) is 0 Å². The zero-order valence-corrected chi connectivity index (χ0v) is 20.5. The van der Waals surface area contributed by atoms with Crippen LogP contribution in [0.1, 0.15) is 16.1 Å². The maximum Gasteiger partial charge on any atom is 0.328 e. The number of aryl methyl sites for hydroxylation is 1. The lowest BCUT2D eigenvalue weighted by atomic mass is 10.2. The lowest BCUT2D eigenvalue weighted by molar-refractivity contribution is -0.131. The van der Waals surface area contributed by atoms with Gasteiger partial charge in [-0.25, -0.2) is 9.78 Å². The van der Waals surface area contributed by atoms with E-state index in [9.17, 15) is 9.59 Å². The second-order valence-electron chi connectivity index (χ2n) is 7.17. The Balaban J connectivity index is 1.42. The summed E-state index contributed by atoms with van der Waals surface area (Å²) in [6.45, 7) is 5.10. The second kappa shape index (κ2) is 12.0. The number of carboxylic acid groups (broad SMARTS) is 1. The smallest absolute Gasteiger partial charge is 0.328 e. The number of nitrogens with one attached hydrogen (secondary N) is 1. The third-order valence-electron chi connectivity index (χ3n) is 4.66. The molecule has 0 radical (unpaired) electrons. The van der Waals surface area contributed by atoms with Crippen LogP contribution in [0.25, 0.3) is 6.08 Å². The number of ether oxygens (including phenoxy) is 1. The molecule has 2 heterocycles. The maximum absolute atomic E-state index is 12.3. The van der Waals surface area contributed by atoms with Gasteiger partial charge in [-0.1, -0.05) is 41.0 Å². The molecule has 7 nitrogen and oxygen atoms in total. The van der Waals surface area contributed by atoms with Crippen LogP contribution in [0.5, 0.6) is 0 Å². The standard InChI is InChI=1S/C21H23Cl2N3O4S2/c1-13-18(4-5-20(28)29)32-21(25-13)31-12-19(27)24-9-15-11-26(6-7-30-15)10-14-2-3-16(22)17(23)8-14/h2-5,8,15H,6-7,9-12H2,1H3,(H,24,27)(H,28,29)/t15-/m0/s1. The Morgan fingerprint density at radius 1 is 1.41 bits per heavy atom. The molecule has 1 aliphatic rings. The Hall–Kier alpha value is -1.62. The summed E-state index contributed by atoms with van der Waals surface area (Å²) in [4.78, 5) is 30.3. The molecule has 0 spiro atoms. The number of halogens is 2. The fourth-order valence-corrected chi connectivity index (χ4v) is 5.36. The highest BCUT2D eigenvalue weighted by molar-refractivity contribution is 8.01. The summed E-state index contributed by atoms with van der Waals surface area (Å²) in [6.07, 6.45) is 2.51. The quantitative estimate of drug-likeness (QED) is 0.385. The number of rotatable bonds is 9. The molecule has 1 atom stereocenters. The number of carboxylic acids is 1. The minimum atomic E-state index is -1.01. The molecule has 32 heavy (non-hydrogen) atoms. The van der Waals surface area contributed by atoms with Crippen molar-refractivity contribution in [2.75, 3.05) is 32.0 Å². The summed E-state index contributed by atoms with van der Waals surface area (Å²) in [7, 11) is 0. The van der Waals surface area contributed by atoms with Crippen molar-refractivity contribution in [3.63, 3.8) is 0 Å². The van der Waals surface area contributed by atoms with Gasteiger partial charge in [0.05, 0.1) is 39.1 Å². The van der Waals surface area contributed by atoms with Gasteiger partial charge in [-0.15, -0.1) is 11.3 Å². The highest BCUT2D eigenvalue weighted by Crippen LogP contribution is 2.28. The average Bonchev–Trinajstić information content (AvgIpc) is 3.11. The maximum atomic E-state index is 12.3. The van der Waals surface area contributed by atoms with E-state index in [1.54, 1.807) is 6.07 Å². The Labute approximate surface area is 204 Å². The van der Waals surface area contributed by atoms with Gasteiger partial charge < -0.3 is 15.2 Å². The van der Waals surface area contributed by atoms with E-state index >= 15 is 0 Å². The van der Waals surface area contributed by atoms with Gasteiger partial charge in [-0.2, -0.15) is 0 Å². The number of thioether (sulfide) groups is 1. The zero-order valence-electron chi connectivity index (χ0n) is 17.3. The van der Waals surface area contributed by atoms with Crippen molar-refractivity contribution in [2.45, 2.75) is 23.9 Å².